The highest BCUT2D eigenvalue weighted by atomic mass is 16.3. The smallest absolute Gasteiger partial charge is 0.119 e. The van der Waals surface area contributed by atoms with Gasteiger partial charge in [-0.1, -0.05) is 35.4 Å². The minimum atomic E-state index is 0.196. The second kappa shape index (κ2) is 11.4. The molecule has 0 amide bonds. The Kier molecular flexibility index (Phi) is 8.63. The number of hydrogen-bond donors (Lipinski definition) is 2. The van der Waals surface area contributed by atoms with Gasteiger partial charge >= 0.3 is 0 Å². The van der Waals surface area contributed by atoms with Crippen molar-refractivity contribution in [1.29, 1.82) is 10.5 Å². The highest BCUT2D eigenvalue weighted by molar-refractivity contribution is 5.74. The Hall–Kier alpha value is -4.02. The SMILES string of the molecule is CC(C)=CCc1cc(C=C(C#N)C(C#N)=Cc2ccc(O)c(CC=C(C)C)c2)ccc1O. The Balaban J connectivity index is 2.43. The van der Waals surface area contributed by atoms with Crippen molar-refractivity contribution in [2.24, 2.45) is 0 Å². The fourth-order valence-corrected chi connectivity index (χ4v) is 3.02. The Morgan fingerprint density at radius 1 is 0.719 bits per heavy atom. The van der Waals surface area contributed by atoms with Crippen LogP contribution in [-0.2, 0) is 12.8 Å². The predicted octanol–water partition coefficient (Wildman–Crippen LogP) is 6.63. The van der Waals surface area contributed by atoms with Crippen LogP contribution in [0, 0.1) is 22.7 Å². The summed E-state index contributed by atoms with van der Waals surface area (Å²) >= 11 is 0. The van der Waals surface area contributed by atoms with Crippen LogP contribution in [-0.4, -0.2) is 10.2 Å². The van der Waals surface area contributed by atoms with E-state index in [0.29, 0.717) is 12.8 Å². The Labute approximate surface area is 190 Å². The molecule has 0 aromatic heterocycles. The molecule has 0 unspecified atom stereocenters. The van der Waals surface area contributed by atoms with Crippen LogP contribution >= 0.6 is 0 Å². The first-order chi connectivity index (χ1) is 15.2. The van der Waals surface area contributed by atoms with Crippen LogP contribution in [0.25, 0.3) is 12.2 Å². The summed E-state index contributed by atoms with van der Waals surface area (Å²) in [7, 11) is 0. The minimum Gasteiger partial charge on any atom is -0.508 e. The zero-order chi connectivity index (χ0) is 23.7. The van der Waals surface area contributed by atoms with Crippen molar-refractivity contribution in [2.45, 2.75) is 40.5 Å². The molecule has 2 aromatic rings. The van der Waals surface area contributed by atoms with Gasteiger partial charge in [-0.2, -0.15) is 10.5 Å². The van der Waals surface area contributed by atoms with Gasteiger partial charge in [-0.05, 0) is 99.2 Å². The van der Waals surface area contributed by atoms with Gasteiger partial charge in [0.15, 0.2) is 0 Å². The molecule has 0 aliphatic heterocycles. The van der Waals surface area contributed by atoms with Crippen LogP contribution in [0.5, 0.6) is 11.5 Å². The number of phenolic OH excluding ortho intramolecular Hbond substituents is 2. The standard InChI is InChI=1S/C28H28N2O2/c1-19(2)5-9-23-13-21(7-11-27(23)31)15-25(17-29)26(18-30)16-22-8-12-28(32)24(14-22)10-6-20(3)4/h5-8,11-16,31-32H,9-10H2,1-4H3. The average Bonchev–Trinajstić information content (AvgIpc) is 2.76. The quantitative estimate of drug-likeness (QED) is 0.297. The molecule has 0 aliphatic rings. The number of hydrogen-bond acceptors (Lipinski definition) is 4. The third-order valence-electron chi connectivity index (χ3n) is 4.82. The summed E-state index contributed by atoms with van der Waals surface area (Å²) in [6.45, 7) is 7.97. The van der Waals surface area contributed by atoms with Crippen LogP contribution < -0.4 is 0 Å². The van der Waals surface area contributed by atoms with Gasteiger partial charge in [-0.3, -0.25) is 0 Å². The van der Waals surface area contributed by atoms with Crippen molar-refractivity contribution in [1.82, 2.24) is 0 Å². The summed E-state index contributed by atoms with van der Waals surface area (Å²) in [6.07, 6.45) is 8.50. The van der Waals surface area contributed by atoms with Crippen molar-refractivity contribution in [3.8, 4) is 23.6 Å². The zero-order valence-corrected chi connectivity index (χ0v) is 19.0. The third-order valence-corrected chi connectivity index (χ3v) is 4.82. The molecule has 0 bridgehead atoms. The van der Waals surface area contributed by atoms with E-state index in [9.17, 15) is 20.7 Å². The molecule has 0 aliphatic carbocycles. The fourth-order valence-electron chi connectivity index (χ4n) is 3.02. The topological polar surface area (TPSA) is 88.0 Å². The average molecular weight is 425 g/mol. The van der Waals surface area contributed by atoms with Crippen LogP contribution in [0.1, 0.15) is 49.9 Å². The molecule has 2 N–H and O–H groups in total. The van der Waals surface area contributed by atoms with E-state index in [1.807, 2.05) is 52.0 Å². The van der Waals surface area contributed by atoms with Crippen molar-refractivity contribution in [2.75, 3.05) is 0 Å². The molecular formula is C28H28N2O2. The number of benzene rings is 2. The van der Waals surface area contributed by atoms with Gasteiger partial charge in [-0.25, -0.2) is 0 Å². The highest BCUT2D eigenvalue weighted by Crippen LogP contribution is 2.25. The zero-order valence-electron chi connectivity index (χ0n) is 19.0. The summed E-state index contributed by atoms with van der Waals surface area (Å²) < 4.78 is 0. The molecule has 0 heterocycles. The van der Waals surface area contributed by atoms with E-state index in [4.69, 9.17) is 0 Å². The van der Waals surface area contributed by atoms with E-state index in [1.54, 1.807) is 36.4 Å². The lowest BCUT2D eigenvalue weighted by molar-refractivity contribution is 0.469. The monoisotopic (exact) mass is 424 g/mol. The lowest BCUT2D eigenvalue weighted by Gasteiger charge is -2.06. The molecule has 0 radical (unpaired) electrons. The first-order valence-corrected chi connectivity index (χ1v) is 10.4. The van der Waals surface area contributed by atoms with E-state index in [1.165, 1.54) is 0 Å². The lowest BCUT2D eigenvalue weighted by atomic mass is 9.99. The third kappa shape index (κ3) is 7.04. The van der Waals surface area contributed by atoms with Crippen molar-refractivity contribution < 1.29 is 10.2 Å². The summed E-state index contributed by atoms with van der Waals surface area (Å²) in [5.74, 6) is 0.393. The second-order valence-electron chi connectivity index (χ2n) is 8.09. The lowest BCUT2D eigenvalue weighted by Crippen LogP contribution is -1.90. The largest absolute Gasteiger partial charge is 0.508 e. The van der Waals surface area contributed by atoms with Crippen LogP contribution in [0.15, 0.2) is 70.8 Å². The molecule has 4 heteroatoms. The number of aromatic hydroxyl groups is 2. The maximum Gasteiger partial charge on any atom is 0.119 e. The summed E-state index contributed by atoms with van der Waals surface area (Å²) in [5.41, 5.74) is 5.71. The summed E-state index contributed by atoms with van der Waals surface area (Å²) in [6, 6.07) is 14.5. The van der Waals surface area contributed by atoms with Crippen LogP contribution in [0.2, 0.25) is 0 Å². The first-order valence-electron chi connectivity index (χ1n) is 10.4. The van der Waals surface area contributed by atoms with Crippen molar-refractivity contribution >= 4 is 12.2 Å². The van der Waals surface area contributed by atoms with E-state index in [2.05, 4.69) is 12.1 Å². The number of nitriles is 2. The van der Waals surface area contributed by atoms with Gasteiger partial charge in [0.25, 0.3) is 0 Å². The Morgan fingerprint density at radius 2 is 1.09 bits per heavy atom. The fraction of sp³-hybridized carbons (Fsp3) is 0.214. The normalized spacial score (nSPS) is 11.3. The van der Waals surface area contributed by atoms with Crippen molar-refractivity contribution in [3.63, 3.8) is 0 Å². The number of phenols is 2. The van der Waals surface area contributed by atoms with E-state index < -0.39 is 0 Å². The minimum absolute atomic E-state index is 0.196. The van der Waals surface area contributed by atoms with Gasteiger partial charge in [0.05, 0.1) is 11.1 Å². The summed E-state index contributed by atoms with van der Waals surface area (Å²) in [5, 5.41) is 39.6. The van der Waals surface area contributed by atoms with E-state index >= 15 is 0 Å². The molecule has 0 saturated carbocycles. The van der Waals surface area contributed by atoms with Crippen LogP contribution in [0.4, 0.5) is 0 Å². The second-order valence-corrected chi connectivity index (χ2v) is 8.09. The van der Waals surface area contributed by atoms with Gasteiger partial charge in [0.1, 0.15) is 23.6 Å². The molecule has 0 spiro atoms. The molecular weight excluding hydrogens is 396 g/mol. The molecule has 162 valence electrons. The maximum absolute atomic E-state index is 10.1. The number of nitrogens with zero attached hydrogens (tertiary/aromatic N) is 2. The number of rotatable bonds is 7. The number of allylic oxidation sites excluding steroid dienone is 6. The van der Waals surface area contributed by atoms with Gasteiger partial charge in [-0.15, -0.1) is 0 Å². The van der Waals surface area contributed by atoms with Crippen LogP contribution in [0.3, 0.4) is 0 Å². The molecule has 0 atom stereocenters. The predicted molar refractivity (Wildman–Crippen MR) is 130 cm³/mol. The van der Waals surface area contributed by atoms with E-state index in [-0.39, 0.29) is 22.6 Å². The maximum atomic E-state index is 10.1. The highest BCUT2D eigenvalue weighted by Gasteiger charge is 2.08. The van der Waals surface area contributed by atoms with Gasteiger partial charge < -0.3 is 10.2 Å². The molecule has 2 aromatic carbocycles. The molecule has 0 fully saturated rings. The molecule has 4 nitrogen and oxygen atoms in total. The first kappa shape index (κ1) is 24.3. The summed E-state index contributed by atoms with van der Waals surface area (Å²) in [4.78, 5) is 0. The van der Waals surface area contributed by atoms with Gasteiger partial charge in [0.2, 0.25) is 0 Å². The van der Waals surface area contributed by atoms with Crippen molar-refractivity contribution in [3.05, 3.63) is 93.1 Å². The Morgan fingerprint density at radius 3 is 1.41 bits per heavy atom. The molecule has 0 saturated heterocycles. The Bertz CT molecular complexity index is 1100. The van der Waals surface area contributed by atoms with E-state index in [0.717, 1.165) is 33.4 Å². The van der Waals surface area contributed by atoms with Gasteiger partial charge in [0, 0.05) is 0 Å². The molecule has 2 rings (SSSR count). The molecule has 32 heavy (non-hydrogen) atoms.